The quantitative estimate of drug-likeness (QED) is 0.416. The number of amides is 1. The molecule has 3 heterocycles. The molecular weight excluding hydrogens is 424 g/mol. The summed E-state index contributed by atoms with van der Waals surface area (Å²) in [6.07, 6.45) is 5.44. The molecule has 1 aromatic heterocycles. The first kappa shape index (κ1) is 22.2. The third-order valence-corrected chi connectivity index (χ3v) is 6.90. The molecular formula is C28H30N4O2. The van der Waals surface area contributed by atoms with E-state index in [9.17, 15) is 4.79 Å². The highest BCUT2D eigenvalue weighted by Crippen LogP contribution is 2.43. The molecule has 3 aromatic rings. The maximum atomic E-state index is 12.3. The first-order chi connectivity index (χ1) is 16.7. The first-order valence-corrected chi connectivity index (χ1v) is 12.1. The van der Waals surface area contributed by atoms with E-state index < -0.39 is 0 Å². The van der Waals surface area contributed by atoms with Gasteiger partial charge < -0.3 is 14.5 Å². The maximum Gasteiger partial charge on any atom is 0.409 e. The fourth-order valence-electron chi connectivity index (χ4n) is 4.83. The number of rotatable bonds is 4. The van der Waals surface area contributed by atoms with Gasteiger partial charge in [-0.1, -0.05) is 43.4 Å². The van der Waals surface area contributed by atoms with Crippen LogP contribution in [0.3, 0.4) is 0 Å². The van der Waals surface area contributed by atoms with Gasteiger partial charge in [0.05, 0.1) is 12.1 Å². The lowest BCUT2D eigenvalue weighted by Gasteiger charge is -2.54. The Balaban J connectivity index is 1.25. The van der Waals surface area contributed by atoms with Crippen molar-refractivity contribution in [2.45, 2.75) is 32.6 Å². The predicted molar refractivity (Wildman–Crippen MR) is 134 cm³/mol. The Kier molecular flexibility index (Phi) is 6.35. The van der Waals surface area contributed by atoms with Gasteiger partial charge in [-0.2, -0.15) is 0 Å². The molecule has 1 amide bonds. The highest BCUT2D eigenvalue weighted by Gasteiger charge is 2.46. The van der Waals surface area contributed by atoms with Gasteiger partial charge in [0.1, 0.15) is 12.1 Å². The minimum Gasteiger partial charge on any atom is -0.449 e. The summed E-state index contributed by atoms with van der Waals surface area (Å²) >= 11 is 0. The summed E-state index contributed by atoms with van der Waals surface area (Å²) in [5, 5.41) is 1.04. The molecule has 2 aliphatic rings. The normalized spacial score (nSPS) is 16.6. The molecule has 2 fully saturated rings. The summed E-state index contributed by atoms with van der Waals surface area (Å²) in [7, 11) is 0. The van der Waals surface area contributed by atoms with Crippen LogP contribution < -0.4 is 4.90 Å². The molecule has 0 saturated carbocycles. The van der Waals surface area contributed by atoms with Gasteiger partial charge in [0.25, 0.3) is 0 Å². The smallest absolute Gasteiger partial charge is 0.409 e. The van der Waals surface area contributed by atoms with Crippen molar-refractivity contribution in [2.24, 2.45) is 5.41 Å². The van der Waals surface area contributed by atoms with Crippen molar-refractivity contribution >= 4 is 22.8 Å². The zero-order chi connectivity index (χ0) is 23.4. The molecule has 34 heavy (non-hydrogen) atoms. The van der Waals surface area contributed by atoms with Crippen molar-refractivity contribution in [3.8, 4) is 11.8 Å². The number of hydrogen-bond acceptors (Lipinski definition) is 5. The molecule has 2 saturated heterocycles. The lowest BCUT2D eigenvalue weighted by Crippen LogP contribution is -2.61. The number of nitrogens with zero attached hydrogens (tertiary/aromatic N) is 4. The van der Waals surface area contributed by atoms with Crippen molar-refractivity contribution in [2.75, 3.05) is 37.7 Å². The molecule has 0 aliphatic carbocycles. The number of unbranched alkanes of at least 4 members (excludes halogenated alkanes) is 1. The van der Waals surface area contributed by atoms with Crippen molar-refractivity contribution in [3.05, 3.63) is 66.0 Å². The van der Waals surface area contributed by atoms with Gasteiger partial charge in [0, 0.05) is 48.1 Å². The van der Waals surface area contributed by atoms with E-state index in [1.54, 1.807) is 6.33 Å². The zero-order valence-electron chi connectivity index (χ0n) is 19.7. The van der Waals surface area contributed by atoms with Gasteiger partial charge in [-0.3, -0.25) is 0 Å². The number of piperidine rings is 1. The largest absolute Gasteiger partial charge is 0.449 e. The van der Waals surface area contributed by atoms with Gasteiger partial charge >= 0.3 is 6.09 Å². The van der Waals surface area contributed by atoms with Crippen LogP contribution in [-0.2, 0) is 4.74 Å². The molecule has 2 aromatic carbocycles. The summed E-state index contributed by atoms with van der Waals surface area (Å²) < 4.78 is 5.39. The van der Waals surface area contributed by atoms with Crippen molar-refractivity contribution in [1.82, 2.24) is 14.9 Å². The standard InChI is InChI=1S/C28H30N4O2/c1-2-3-17-34-27(33)31-15-13-28(14-16-31)19-32(20-28)26-24-18-23(11-12-25(24)29-21-30-26)10-9-22-7-5-4-6-8-22/h4-8,11-12,18,21H,2-3,13-17,19-20H2,1H3. The molecule has 6 nitrogen and oxygen atoms in total. The van der Waals surface area contributed by atoms with Crippen LogP contribution in [0.15, 0.2) is 54.9 Å². The van der Waals surface area contributed by atoms with Gasteiger partial charge in [-0.05, 0) is 49.6 Å². The van der Waals surface area contributed by atoms with E-state index in [0.29, 0.717) is 6.61 Å². The van der Waals surface area contributed by atoms with Crippen LogP contribution in [-0.4, -0.2) is 53.7 Å². The van der Waals surface area contributed by atoms with Crippen LogP contribution in [0.25, 0.3) is 10.9 Å². The van der Waals surface area contributed by atoms with Crippen LogP contribution in [0.1, 0.15) is 43.7 Å². The molecule has 0 radical (unpaired) electrons. The minimum atomic E-state index is -0.162. The van der Waals surface area contributed by atoms with Crippen molar-refractivity contribution < 1.29 is 9.53 Å². The van der Waals surface area contributed by atoms with Gasteiger partial charge in [-0.15, -0.1) is 0 Å². The van der Waals surface area contributed by atoms with Crippen LogP contribution in [0, 0.1) is 17.3 Å². The molecule has 2 aliphatic heterocycles. The molecule has 0 atom stereocenters. The summed E-state index contributed by atoms with van der Waals surface area (Å²) in [5.41, 5.74) is 3.14. The second kappa shape index (κ2) is 9.72. The van der Waals surface area contributed by atoms with Gasteiger partial charge in [-0.25, -0.2) is 14.8 Å². The van der Waals surface area contributed by atoms with E-state index in [1.165, 1.54) is 0 Å². The minimum absolute atomic E-state index is 0.162. The molecule has 0 N–H and O–H groups in total. The Morgan fingerprint density at radius 3 is 2.56 bits per heavy atom. The lowest BCUT2D eigenvalue weighted by molar-refractivity contribution is 0.0524. The Labute approximate surface area is 201 Å². The van der Waals surface area contributed by atoms with Gasteiger partial charge in [0.2, 0.25) is 0 Å². The van der Waals surface area contributed by atoms with Crippen LogP contribution >= 0.6 is 0 Å². The highest BCUT2D eigenvalue weighted by molar-refractivity contribution is 5.90. The Morgan fingerprint density at radius 2 is 1.79 bits per heavy atom. The monoisotopic (exact) mass is 454 g/mol. The molecule has 174 valence electrons. The zero-order valence-corrected chi connectivity index (χ0v) is 19.7. The third-order valence-electron chi connectivity index (χ3n) is 6.90. The fraction of sp³-hybridized carbons (Fsp3) is 0.393. The van der Waals surface area contributed by atoms with Crippen LogP contribution in [0.2, 0.25) is 0 Å². The van der Waals surface area contributed by atoms with E-state index in [2.05, 4.69) is 39.7 Å². The summed E-state index contributed by atoms with van der Waals surface area (Å²) in [4.78, 5) is 25.6. The van der Waals surface area contributed by atoms with Crippen LogP contribution in [0.5, 0.6) is 0 Å². The molecule has 6 heteroatoms. The van der Waals surface area contributed by atoms with E-state index >= 15 is 0 Å². The average Bonchev–Trinajstić information content (AvgIpc) is 2.86. The Morgan fingerprint density at radius 1 is 1.03 bits per heavy atom. The number of likely N-dealkylation sites (tertiary alicyclic amines) is 1. The van der Waals surface area contributed by atoms with E-state index in [0.717, 1.165) is 79.7 Å². The van der Waals surface area contributed by atoms with E-state index in [-0.39, 0.29) is 11.5 Å². The SMILES string of the molecule is CCCCOC(=O)N1CCC2(CC1)CN(c1ncnc3ccc(C#Cc4ccccc4)cc13)C2. The number of benzene rings is 2. The van der Waals surface area contributed by atoms with Crippen molar-refractivity contribution in [3.63, 3.8) is 0 Å². The van der Waals surface area contributed by atoms with E-state index in [1.807, 2.05) is 47.4 Å². The number of anilines is 1. The topological polar surface area (TPSA) is 58.6 Å². The number of aromatic nitrogens is 2. The molecule has 0 unspecified atom stereocenters. The molecule has 1 spiro atoms. The molecule has 0 bridgehead atoms. The third kappa shape index (κ3) is 4.70. The van der Waals surface area contributed by atoms with E-state index in [4.69, 9.17) is 4.74 Å². The Hall–Kier alpha value is -3.59. The maximum absolute atomic E-state index is 12.3. The number of fused-ring (bicyclic) bond motifs is 1. The Bertz CT molecular complexity index is 1220. The van der Waals surface area contributed by atoms with Crippen LogP contribution in [0.4, 0.5) is 10.6 Å². The average molecular weight is 455 g/mol. The first-order valence-electron chi connectivity index (χ1n) is 12.1. The second-order valence-electron chi connectivity index (χ2n) is 9.36. The molecule has 5 rings (SSSR count). The van der Waals surface area contributed by atoms with Crippen molar-refractivity contribution in [1.29, 1.82) is 0 Å². The lowest BCUT2D eigenvalue weighted by atomic mass is 9.72. The number of carbonyl (C=O) groups excluding carboxylic acids is 1. The predicted octanol–water partition coefficient (Wildman–Crippen LogP) is 4.87. The summed E-state index contributed by atoms with van der Waals surface area (Å²) in [6.45, 7) is 6.06. The summed E-state index contributed by atoms with van der Waals surface area (Å²) in [5.74, 6) is 7.48. The number of ether oxygens (including phenoxy) is 1. The highest BCUT2D eigenvalue weighted by atomic mass is 16.6. The second-order valence-corrected chi connectivity index (χ2v) is 9.36. The number of carbonyl (C=O) groups is 1. The number of hydrogen-bond donors (Lipinski definition) is 0. The summed E-state index contributed by atoms with van der Waals surface area (Å²) in [6, 6.07) is 16.1. The fourth-order valence-corrected chi connectivity index (χ4v) is 4.83. The van der Waals surface area contributed by atoms with Gasteiger partial charge in [0.15, 0.2) is 0 Å².